The van der Waals surface area contributed by atoms with Crippen LogP contribution in [-0.2, 0) is 20.9 Å². The lowest BCUT2D eigenvalue weighted by molar-refractivity contribution is -0.144. The van der Waals surface area contributed by atoms with Gasteiger partial charge in [-0.3, -0.25) is 14.9 Å². The number of carbonyl (C=O) groups excluding carboxylic acids is 2. The molecular formula is C12H20N4O3. The van der Waals surface area contributed by atoms with Crippen molar-refractivity contribution in [3.63, 3.8) is 0 Å². The first-order valence-electron chi connectivity index (χ1n) is 6.50. The quantitative estimate of drug-likeness (QED) is 0.719. The van der Waals surface area contributed by atoms with Gasteiger partial charge >= 0.3 is 5.97 Å². The number of aromatic nitrogens is 3. The summed E-state index contributed by atoms with van der Waals surface area (Å²) in [4.78, 5) is 26.4. The van der Waals surface area contributed by atoms with Gasteiger partial charge in [0, 0.05) is 12.8 Å². The highest BCUT2D eigenvalue weighted by molar-refractivity contribution is 5.88. The van der Waals surface area contributed by atoms with E-state index < -0.39 is 0 Å². The SMILES string of the molecule is CCCC(=O)Nc1ncn(CCOC(=O)CCC)n1. The first-order valence-corrected chi connectivity index (χ1v) is 6.50. The fourth-order valence-electron chi connectivity index (χ4n) is 1.40. The summed E-state index contributed by atoms with van der Waals surface area (Å²) in [6.07, 6.45) is 3.92. The van der Waals surface area contributed by atoms with E-state index in [1.54, 1.807) is 0 Å². The predicted octanol–water partition coefficient (Wildman–Crippen LogP) is 1.36. The summed E-state index contributed by atoms with van der Waals surface area (Å²) < 4.78 is 6.53. The maximum Gasteiger partial charge on any atom is 0.305 e. The number of hydrogen-bond donors (Lipinski definition) is 1. The minimum absolute atomic E-state index is 0.102. The van der Waals surface area contributed by atoms with Crippen molar-refractivity contribution in [1.82, 2.24) is 14.8 Å². The molecule has 106 valence electrons. The number of rotatable bonds is 8. The van der Waals surface area contributed by atoms with Crippen LogP contribution in [-0.4, -0.2) is 33.2 Å². The molecule has 1 aromatic heterocycles. The zero-order valence-electron chi connectivity index (χ0n) is 11.4. The minimum Gasteiger partial charge on any atom is -0.464 e. The summed E-state index contributed by atoms with van der Waals surface area (Å²) in [6.45, 7) is 4.52. The van der Waals surface area contributed by atoms with Crippen molar-refractivity contribution < 1.29 is 14.3 Å². The first-order chi connectivity index (χ1) is 9.15. The Morgan fingerprint density at radius 3 is 2.74 bits per heavy atom. The van der Waals surface area contributed by atoms with Crippen LogP contribution in [0.5, 0.6) is 0 Å². The molecule has 1 rings (SSSR count). The average molecular weight is 268 g/mol. The number of nitrogens with one attached hydrogen (secondary N) is 1. The van der Waals surface area contributed by atoms with Gasteiger partial charge in [-0.05, 0) is 12.8 Å². The molecule has 19 heavy (non-hydrogen) atoms. The Labute approximate surface area is 112 Å². The van der Waals surface area contributed by atoms with Gasteiger partial charge in [-0.15, -0.1) is 5.10 Å². The largest absolute Gasteiger partial charge is 0.464 e. The number of ether oxygens (including phenoxy) is 1. The van der Waals surface area contributed by atoms with Crippen molar-refractivity contribution in [2.24, 2.45) is 0 Å². The molecule has 0 spiro atoms. The third kappa shape index (κ3) is 5.98. The Kier molecular flexibility index (Phi) is 6.56. The van der Waals surface area contributed by atoms with Crippen molar-refractivity contribution in [2.75, 3.05) is 11.9 Å². The van der Waals surface area contributed by atoms with E-state index >= 15 is 0 Å². The normalized spacial score (nSPS) is 10.2. The highest BCUT2D eigenvalue weighted by Gasteiger charge is 2.06. The van der Waals surface area contributed by atoms with Gasteiger partial charge in [0.25, 0.3) is 0 Å². The van der Waals surface area contributed by atoms with Crippen molar-refractivity contribution in [3.05, 3.63) is 6.33 Å². The average Bonchev–Trinajstić information content (AvgIpc) is 2.77. The highest BCUT2D eigenvalue weighted by Crippen LogP contribution is 1.99. The smallest absolute Gasteiger partial charge is 0.305 e. The molecule has 0 unspecified atom stereocenters. The van der Waals surface area contributed by atoms with Crippen LogP contribution in [0.3, 0.4) is 0 Å². The van der Waals surface area contributed by atoms with Crippen LogP contribution in [0.4, 0.5) is 5.95 Å². The predicted molar refractivity (Wildman–Crippen MR) is 69.4 cm³/mol. The van der Waals surface area contributed by atoms with Gasteiger partial charge in [-0.1, -0.05) is 13.8 Å². The summed E-state index contributed by atoms with van der Waals surface area (Å²) >= 11 is 0. The van der Waals surface area contributed by atoms with E-state index in [0.717, 1.165) is 12.8 Å². The molecule has 0 aliphatic carbocycles. The van der Waals surface area contributed by atoms with Gasteiger partial charge in [0.15, 0.2) is 0 Å². The van der Waals surface area contributed by atoms with E-state index in [1.165, 1.54) is 11.0 Å². The summed E-state index contributed by atoms with van der Waals surface area (Å²) in [6, 6.07) is 0. The lowest BCUT2D eigenvalue weighted by atomic mass is 10.3. The van der Waals surface area contributed by atoms with E-state index in [9.17, 15) is 9.59 Å². The maximum atomic E-state index is 11.3. The fourth-order valence-corrected chi connectivity index (χ4v) is 1.40. The Morgan fingerprint density at radius 2 is 2.05 bits per heavy atom. The molecule has 0 aromatic carbocycles. The number of esters is 1. The second kappa shape index (κ2) is 8.23. The fraction of sp³-hybridized carbons (Fsp3) is 0.667. The molecule has 0 fully saturated rings. The van der Waals surface area contributed by atoms with Crippen LogP contribution in [0.25, 0.3) is 0 Å². The van der Waals surface area contributed by atoms with Crippen LogP contribution < -0.4 is 5.32 Å². The van der Waals surface area contributed by atoms with Crippen LogP contribution in [0, 0.1) is 0 Å². The Hall–Kier alpha value is -1.92. The van der Waals surface area contributed by atoms with Crippen molar-refractivity contribution in [3.8, 4) is 0 Å². The van der Waals surface area contributed by atoms with Crippen LogP contribution in [0.2, 0.25) is 0 Å². The monoisotopic (exact) mass is 268 g/mol. The van der Waals surface area contributed by atoms with Gasteiger partial charge < -0.3 is 4.74 Å². The number of carbonyl (C=O) groups is 2. The van der Waals surface area contributed by atoms with Crippen LogP contribution >= 0.6 is 0 Å². The van der Waals surface area contributed by atoms with Gasteiger partial charge in [-0.25, -0.2) is 9.67 Å². The zero-order chi connectivity index (χ0) is 14.1. The Bertz CT molecular complexity index is 417. The highest BCUT2D eigenvalue weighted by atomic mass is 16.5. The van der Waals surface area contributed by atoms with Crippen LogP contribution in [0.1, 0.15) is 39.5 Å². The number of hydrogen-bond acceptors (Lipinski definition) is 5. The molecule has 0 radical (unpaired) electrons. The second-order valence-corrected chi connectivity index (χ2v) is 4.10. The number of nitrogens with zero attached hydrogens (tertiary/aromatic N) is 3. The molecule has 1 amide bonds. The van der Waals surface area contributed by atoms with E-state index in [-0.39, 0.29) is 24.4 Å². The van der Waals surface area contributed by atoms with E-state index in [1.807, 2.05) is 13.8 Å². The lowest BCUT2D eigenvalue weighted by Crippen LogP contribution is -2.13. The van der Waals surface area contributed by atoms with E-state index in [2.05, 4.69) is 15.4 Å². The van der Waals surface area contributed by atoms with Crippen molar-refractivity contribution >= 4 is 17.8 Å². The molecule has 0 aliphatic rings. The summed E-state index contributed by atoms with van der Waals surface area (Å²) in [7, 11) is 0. The Morgan fingerprint density at radius 1 is 1.32 bits per heavy atom. The van der Waals surface area contributed by atoms with Crippen molar-refractivity contribution in [1.29, 1.82) is 0 Å². The standard InChI is InChI=1S/C12H20N4O3/c1-3-5-10(17)14-12-13-9-16(15-12)7-8-19-11(18)6-4-2/h9H,3-8H2,1-2H3,(H,14,15,17). The summed E-state index contributed by atoms with van der Waals surface area (Å²) in [5, 5.41) is 6.65. The number of amides is 1. The minimum atomic E-state index is -0.209. The second-order valence-electron chi connectivity index (χ2n) is 4.10. The molecule has 1 aromatic rings. The Balaban J connectivity index is 2.30. The van der Waals surface area contributed by atoms with Gasteiger partial charge in [-0.2, -0.15) is 0 Å². The van der Waals surface area contributed by atoms with Crippen molar-refractivity contribution in [2.45, 2.75) is 46.1 Å². The first kappa shape index (κ1) is 15.1. The topological polar surface area (TPSA) is 86.1 Å². The molecular weight excluding hydrogens is 248 g/mol. The van der Waals surface area contributed by atoms with Gasteiger partial charge in [0.1, 0.15) is 12.9 Å². The molecule has 0 bridgehead atoms. The molecule has 1 N–H and O–H groups in total. The third-order valence-corrected chi connectivity index (χ3v) is 2.30. The van der Waals surface area contributed by atoms with Crippen LogP contribution in [0.15, 0.2) is 6.33 Å². The van der Waals surface area contributed by atoms with Gasteiger partial charge in [0.2, 0.25) is 11.9 Å². The summed E-state index contributed by atoms with van der Waals surface area (Å²) in [5.74, 6) is -0.0351. The lowest BCUT2D eigenvalue weighted by Gasteiger charge is -2.03. The van der Waals surface area contributed by atoms with E-state index in [0.29, 0.717) is 19.4 Å². The number of anilines is 1. The third-order valence-electron chi connectivity index (χ3n) is 2.30. The molecule has 7 heteroatoms. The summed E-state index contributed by atoms with van der Waals surface area (Å²) in [5.41, 5.74) is 0. The molecule has 0 aliphatic heterocycles. The molecule has 0 saturated carbocycles. The molecule has 7 nitrogen and oxygen atoms in total. The molecule has 0 saturated heterocycles. The van der Waals surface area contributed by atoms with Gasteiger partial charge in [0.05, 0.1) is 6.54 Å². The molecule has 1 heterocycles. The van der Waals surface area contributed by atoms with E-state index in [4.69, 9.17) is 4.74 Å². The maximum absolute atomic E-state index is 11.3. The zero-order valence-corrected chi connectivity index (χ0v) is 11.4. The molecule has 0 atom stereocenters.